The predicted octanol–water partition coefficient (Wildman–Crippen LogP) is 4.32. The molecule has 0 aromatic heterocycles. The van der Waals surface area contributed by atoms with Gasteiger partial charge in [0.2, 0.25) is 0 Å². The van der Waals surface area contributed by atoms with Crippen molar-refractivity contribution < 1.29 is 14.3 Å². The largest absolute Gasteiger partial charge is 0.494 e. The SMILES string of the molecule is CCCCOc1cccc(NC(=O)OCCN2CCCCC2)c1.Cl. The Balaban J connectivity index is 0.00000288. The number of ether oxygens (including phenoxy) is 2. The molecule has 1 aromatic carbocycles. The summed E-state index contributed by atoms with van der Waals surface area (Å²) in [5, 5.41) is 2.75. The van der Waals surface area contributed by atoms with Crippen LogP contribution in [0.5, 0.6) is 5.75 Å². The Bertz CT molecular complexity index is 479. The first kappa shape index (κ1) is 20.6. The highest BCUT2D eigenvalue weighted by Crippen LogP contribution is 2.18. The standard InChI is InChI=1S/C18H28N2O3.ClH/c1-2-3-13-22-17-9-7-8-16(15-17)19-18(21)23-14-12-20-10-5-4-6-11-20;/h7-9,15H,2-6,10-14H2,1H3,(H,19,21);1H. The number of anilines is 1. The van der Waals surface area contributed by atoms with Gasteiger partial charge in [-0.1, -0.05) is 25.8 Å². The molecule has 1 heterocycles. The minimum atomic E-state index is -0.410. The maximum absolute atomic E-state index is 11.8. The summed E-state index contributed by atoms with van der Waals surface area (Å²) in [5.74, 6) is 0.768. The molecule has 5 nitrogen and oxygen atoms in total. The second-order valence-electron chi connectivity index (χ2n) is 5.89. The molecule has 1 amide bonds. The zero-order valence-electron chi connectivity index (χ0n) is 14.5. The first-order valence-electron chi connectivity index (χ1n) is 8.67. The zero-order valence-corrected chi connectivity index (χ0v) is 15.3. The van der Waals surface area contributed by atoms with Crippen molar-refractivity contribution in [3.05, 3.63) is 24.3 Å². The van der Waals surface area contributed by atoms with E-state index in [1.165, 1.54) is 19.3 Å². The molecule has 1 aliphatic rings. The number of likely N-dealkylation sites (tertiary alicyclic amines) is 1. The van der Waals surface area contributed by atoms with Crippen LogP contribution in [-0.4, -0.2) is 43.8 Å². The molecule has 136 valence electrons. The van der Waals surface area contributed by atoms with Crippen LogP contribution in [0.2, 0.25) is 0 Å². The fraction of sp³-hybridized carbons (Fsp3) is 0.611. The van der Waals surface area contributed by atoms with Crippen LogP contribution in [0.3, 0.4) is 0 Å². The predicted molar refractivity (Wildman–Crippen MR) is 99.4 cm³/mol. The average Bonchev–Trinajstić information content (AvgIpc) is 2.56. The van der Waals surface area contributed by atoms with E-state index in [1.54, 1.807) is 0 Å². The molecule has 1 saturated heterocycles. The summed E-state index contributed by atoms with van der Waals surface area (Å²) >= 11 is 0. The fourth-order valence-corrected chi connectivity index (χ4v) is 2.60. The molecule has 6 heteroatoms. The number of hydrogen-bond donors (Lipinski definition) is 1. The van der Waals surface area contributed by atoms with Crippen LogP contribution in [0.1, 0.15) is 39.0 Å². The Labute approximate surface area is 151 Å². The van der Waals surface area contributed by atoms with Crippen molar-refractivity contribution >= 4 is 24.2 Å². The topological polar surface area (TPSA) is 50.8 Å². The van der Waals surface area contributed by atoms with Gasteiger partial charge in [-0.3, -0.25) is 10.2 Å². The van der Waals surface area contributed by atoms with Crippen molar-refractivity contribution in [2.75, 3.05) is 38.2 Å². The van der Waals surface area contributed by atoms with E-state index in [1.807, 2.05) is 24.3 Å². The van der Waals surface area contributed by atoms with Crippen LogP contribution in [0, 0.1) is 0 Å². The summed E-state index contributed by atoms with van der Waals surface area (Å²) in [4.78, 5) is 14.2. The number of benzene rings is 1. The highest BCUT2D eigenvalue weighted by Gasteiger charge is 2.11. The smallest absolute Gasteiger partial charge is 0.411 e. The molecule has 1 aromatic rings. The van der Waals surface area contributed by atoms with Gasteiger partial charge in [-0.05, 0) is 44.5 Å². The number of unbranched alkanes of at least 4 members (excludes halogenated alkanes) is 1. The van der Waals surface area contributed by atoms with Gasteiger partial charge in [-0.15, -0.1) is 12.4 Å². The molecular formula is C18H29ClN2O3. The Kier molecular flexibility index (Phi) is 10.3. The van der Waals surface area contributed by atoms with Gasteiger partial charge in [0.1, 0.15) is 12.4 Å². The third-order valence-electron chi connectivity index (χ3n) is 3.94. The molecule has 0 atom stereocenters. The second kappa shape index (κ2) is 12.0. The van der Waals surface area contributed by atoms with E-state index in [2.05, 4.69) is 17.1 Å². The first-order valence-corrected chi connectivity index (χ1v) is 8.67. The van der Waals surface area contributed by atoms with Gasteiger partial charge in [-0.25, -0.2) is 4.79 Å². The molecule has 0 aliphatic carbocycles. The highest BCUT2D eigenvalue weighted by molar-refractivity contribution is 5.85. The van der Waals surface area contributed by atoms with Crippen molar-refractivity contribution in [1.29, 1.82) is 0 Å². The number of hydrogen-bond acceptors (Lipinski definition) is 4. The van der Waals surface area contributed by atoms with Crippen LogP contribution < -0.4 is 10.1 Å². The molecule has 0 bridgehead atoms. The van der Waals surface area contributed by atoms with Crippen LogP contribution in [0.4, 0.5) is 10.5 Å². The third kappa shape index (κ3) is 7.88. The maximum atomic E-state index is 11.8. The lowest BCUT2D eigenvalue weighted by atomic mass is 10.1. The monoisotopic (exact) mass is 356 g/mol. The summed E-state index contributed by atoms with van der Waals surface area (Å²) in [5.41, 5.74) is 0.696. The molecule has 24 heavy (non-hydrogen) atoms. The molecule has 1 fully saturated rings. The number of piperidine rings is 1. The van der Waals surface area contributed by atoms with Gasteiger partial charge in [0.05, 0.1) is 6.61 Å². The van der Waals surface area contributed by atoms with E-state index >= 15 is 0 Å². The van der Waals surface area contributed by atoms with E-state index in [-0.39, 0.29) is 12.4 Å². The second-order valence-corrected chi connectivity index (χ2v) is 5.89. The third-order valence-corrected chi connectivity index (χ3v) is 3.94. The molecule has 0 radical (unpaired) electrons. The van der Waals surface area contributed by atoms with Gasteiger partial charge in [-0.2, -0.15) is 0 Å². The summed E-state index contributed by atoms with van der Waals surface area (Å²) in [6.07, 6.45) is 5.52. The van der Waals surface area contributed by atoms with Gasteiger partial charge in [0.15, 0.2) is 0 Å². The lowest BCUT2D eigenvalue weighted by Crippen LogP contribution is -2.33. The van der Waals surface area contributed by atoms with Crippen molar-refractivity contribution in [3.8, 4) is 5.75 Å². The fourth-order valence-electron chi connectivity index (χ4n) is 2.60. The highest BCUT2D eigenvalue weighted by atomic mass is 35.5. The maximum Gasteiger partial charge on any atom is 0.411 e. The van der Waals surface area contributed by atoms with Crippen molar-refractivity contribution in [1.82, 2.24) is 4.90 Å². The molecule has 1 N–H and O–H groups in total. The first-order chi connectivity index (χ1) is 11.3. The van der Waals surface area contributed by atoms with E-state index in [4.69, 9.17) is 9.47 Å². The van der Waals surface area contributed by atoms with E-state index in [0.29, 0.717) is 18.9 Å². The number of nitrogens with zero attached hydrogens (tertiary/aromatic N) is 1. The minimum absolute atomic E-state index is 0. The van der Waals surface area contributed by atoms with E-state index in [0.717, 1.165) is 38.2 Å². The van der Waals surface area contributed by atoms with Gasteiger partial charge in [0, 0.05) is 18.3 Å². The number of nitrogens with one attached hydrogen (secondary N) is 1. The lowest BCUT2D eigenvalue weighted by Gasteiger charge is -2.25. The molecule has 0 unspecified atom stereocenters. The normalized spacial score (nSPS) is 14.5. The number of amides is 1. The van der Waals surface area contributed by atoms with E-state index < -0.39 is 6.09 Å². The summed E-state index contributed by atoms with van der Waals surface area (Å²) in [7, 11) is 0. The van der Waals surface area contributed by atoms with Crippen molar-refractivity contribution in [3.63, 3.8) is 0 Å². The Morgan fingerprint density at radius 3 is 2.75 bits per heavy atom. The number of rotatable bonds is 8. The molecular weight excluding hydrogens is 328 g/mol. The van der Waals surface area contributed by atoms with Crippen molar-refractivity contribution in [2.45, 2.75) is 39.0 Å². The lowest BCUT2D eigenvalue weighted by molar-refractivity contribution is 0.131. The van der Waals surface area contributed by atoms with Crippen LogP contribution in [0.15, 0.2) is 24.3 Å². The summed E-state index contributed by atoms with van der Waals surface area (Å²) < 4.78 is 10.9. The quantitative estimate of drug-likeness (QED) is 0.705. The van der Waals surface area contributed by atoms with Gasteiger partial charge >= 0.3 is 6.09 Å². The summed E-state index contributed by atoms with van der Waals surface area (Å²) in [6, 6.07) is 7.41. The van der Waals surface area contributed by atoms with Gasteiger partial charge in [0.25, 0.3) is 0 Å². The average molecular weight is 357 g/mol. The van der Waals surface area contributed by atoms with Crippen LogP contribution >= 0.6 is 12.4 Å². The molecule has 0 saturated carbocycles. The Morgan fingerprint density at radius 1 is 1.21 bits per heavy atom. The molecule has 1 aliphatic heterocycles. The zero-order chi connectivity index (χ0) is 16.3. The molecule has 0 spiro atoms. The molecule has 2 rings (SSSR count). The minimum Gasteiger partial charge on any atom is -0.494 e. The van der Waals surface area contributed by atoms with E-state index in [9.17, 15) is 4.79 Å². The van der Waals surface area contributed by atoms with Gasteiger partial charge < -0.3 is 9.47 Å². The number of carbonyl (C=O) groups excluding carboxylic acids is 1. The Morgan fingerprint density at radius 2 is 2.00 bits per heavy atom. The number of carbonyl (C=O) groups is 1. The van der Waals surface area contributed by atoms with Crippen LogP contribution in [-0.2, 0) is 4.74 Å². The Hall–Kier alpha value is -1.46. The van der Waals surface area contributed by atoms with Crippen LogP contribution in [0.25, 0.3) is 0 Å². The summed E-state index contributed by atoms with van der Waals surface area (Å²) in [6.45, 7) is 6.29. The number of halogens is 1. The van der Waals surface area contributed by atoms with Crippen molar-refractivity contribution in [2.24, 2.45) is 0 Å².